The first kappa shape index (κ1) is 37.7. The van der Waals surface area contributed by atoms with Gasteiger partial charge in [0.2, 0.25) is 0 Å². The number of carbonyl (C=O) groups is 1. The molecule has 0 aliphatic rings. The van der Waals surface area contributed by atoms with Crippen molar-refractivity contribution in [1.82, 2.24) is 0 Å². The fraction of sp³-hybridized carbons (Fsp3) is 0.286. The van der Waals surface area contributed by atoms with Gasteiger partial charge in [0.25, 0.3) is 0 Å². The van der Waals surface area contributed by atoms with E-state index in [-0.39, 0.29) is 26.8 Å². The second-order valence-corrected chi connectivity index (χ2v) is 4.43. The molecular formula is C14H13O7PW. The van der Waals surface area contributed by atoms with Crippen molar-refractivity contribution < 1.29 is 53.9 Å². The SMILES string of the molecule is CCOC(=O)p1cc(C)c(C)c1.[C-]#[O+].[C-]#[O+].[C-]#[O+].[C-]#[O+].[C-]#[O+].[W]. The minimum atomic E-state index is -0.776. The molecule has 0 aromatic carbocycles. The molecule has 0 saturated carbocycles. The van der Waals surface area contributed by atoms with E-state index in [1.807, 2.05) is 32.4 Å². The molecule has 0 bridgehead atoms. The van der Waals surface area contributed by atoms with Gasteiger partial charge in [-0.1, -0.05) is 0 Å². The van der Waals surface area contributed by atoms with Crippen molar-refractivity contribution in [1.29, 1.82) is 0 Å². The van der Waals surface area contributed by atoms with E-state index in [0.29, 0.717) is 6.61 Å². The van der Waals surface area contributed by atoms with Gasteiger partial charge in [0.15, 0.2) is 0 Å². The molecule has 0 radical (unpaired) electrons. The summed E-state index contributed by atoms with van der Waals surface area (Å²) in [6, 6.07) is 0. The Bertz CT molecular complexity index is 429. The molecule has 0 fully saturated rings. The second-order valence-electron chi connectivity index (χ2n) is 2.73. The molecule has 0 N–H and O–H groups in total. The molecule has 0 saturated heterocycles. The summed E-state index contributed by atoms with van der Waals surface area (Å²) >= 11 is 0. The summed E-state index contributed by atoms with van der Waals surface area (Å²) < 4.78 is 42.4. The van der Waals surface area contributed by atoms with Gasteiger partial charge in [0.05, 0.1) is 6.61 Å². The van der Waals surface area contributed by atoms with Gasteiger partial charge in [0.1, 0.15) is 0 Å². The quantitative estimate of drug-likeness (QED) is 0.450. The summed E-state index contributed by atoms with van der Waals surface area (Å²) in [6.07, 6.45) is 0. The van der Waals surface area contributed by atoms with Crippen LogP contribution in [-0.2, 0) is 49.1 Å². The molecule has 1 rings (SSSR count). The van der Waals surface area contributed by atoms with Crippen molar-refractivity contribution in [3.8, 4) is 0 Å². The van der Waals surface area contributed by atoms with Crippen LogP contribution in [0.25, 0.3) is 0 Å². The first-order valence-electron chi connectivity index (χ1n) is 4.99. The zero-order chi connectivity index (χ0) is 19.1. The van der Waals surface area contributed by atoms with Gasteiger partial charge in [0, 0.05) is 21.1 Å². The summed E-state index contributed by atoms with van der Waals surface area (Å²) in [5.41, 5.74) is 2.33. The molecule has 0 aliphatic heterocycles. The summed E-state index contributed by atoms with van der Waals surface area (Å²) in [6.45, 7) is 28.8. The average Bonchev–Trinajstić information content (AvgIpc) is 2.96. The molecule has 1 aromatic heterocycles. The molecule has 9 heteroatoms. The molecule has 7 nitrogen and oxygen atoms in total. The molecule has 23 heavy (non-hydrogen) atoms. The van der Waals surface area contributed by atoms with Crippen LogP contribution in [0.15, 0.2) is 11.6 Å². The van der Waals surface area contributed by atoms with Crippen LogP contribution in [0.4, 0.5) is 4.79 Å². The van der Waals surface area contributed by atoms with Gasteiger partial charge in [-0.15, -0.1) is 0 Å². The van der Waals surface area contributed by atoms with Gasteiger partial charge in [-0.3, -0.25) is 0 Å². The maximum atomic E-state index is 11.3. The van der Waals surface area contributed by atoms with Crippen LogP contribution in [0, 0.1) is 47.1 Å². The Morgan fingerprint density at radius 2 is 1.17 bits per heavy atom. The summed E-state index contributed by atoms with van der Waals surface area (Å²) in [7, 11) is -0.776. The number of hydrogen-bond acceptors (Lipinski definition) is 2. The summed E-state index contributed by atoms with van der Waals surface area (Å²) in [5, 5.41) is 0. The van der Waals surface area contributed by atoms with Crippen molar-refractivity contribution in [2.24, 2.45) is 0 Å². The Kier molecular flexibility index (Phi) is 60.9. The maximum absolute atomic E-state index is 11.3. The number of ether oxygens (including phenoxy) is 1. The minimum absolute atomic E-state index is 0. The second kappa shape index (κ2) is 37.1. The van der Waals surface area contributed by atoms with Crippen molar-refractivity contribution in [2.45, 2.75) is 20.8 Å². The van der Waals surface area contributed by atoms with Crippen molar-refractivity contribution in [3.63, 3.8) is 0 Å². The zero-order valence-corrected chi connectivity index (χ0v) is 16.4. The Labute approximate surface area is 150 Å². The topological polar surface area (TPSA) is 126 Å². The van der Waals surface area contributed by atoms with E-state index in [4.69, 9.17) is 28.0 Å². The Morgan fingerprint density at radius 1 is 0.913 bits per heavy atom. The summed E-state index contributed by atoms with van der Waals surface area (Å²) in [4.78, 5) is 11.3. The van der Waals surface area contributed by atoms with Gasteiger partial charge in [-0.2, -0.15) is 0 Å². The Balaban J connectivity index is -0.0000000565. The first-order chi connectivity index (χ1) is 10.6. The van der Waals surface area contributed by atoms with Crippen molar-refractivity contribution in [2.75, 3.05) is 6.61 Å². The normalized spacial score (nSPS) is 5.61. The molecular weight excluding hydrogens is 495 g/mol. The number of aryl methyl sites for hydroxylation is 2. The third-order valence-corrected chi connectivity index (χ3v) is 3.65. The Morgan fingerprint density at radius 3 is 1.39 bits per heavy atom. The molecule has 0 unspecified atom stereocenters. The predicted octanol–water partition coefficient (Wildman–Crippen LogP) is 3.10. The Hall–Kier alpha value is -1.36. The van der Waals surface area contributed by atoms with Crippen LogP contribution in [0.3, 0.4) is 0 Å². The van der Waals surface area contributed by atoms with Crippen LogP contribution in [0.2, 0.25) is 0 Å². The fourth-order valence-electron chi connectivity index (χ4n) is 0.962. The van der Waals surface area contributed by atoms with Gasteiger partial charge >= 0.3 is 62.2 Å². The monoisotopic (exact) mass is 508 g/mol. The zero-order valence-electron chi connectivity index (χ0n) is 12.6. The van der Waals surface area contributed by atoms with Gasteiger partial charge < -0.3 is 4.74 Å². The van der Waals surface area contributed by atoms with Crippen LogP contribution in [-0.4, -0.2) is 12.3 Å². The van der Waals surface area contributed by atoms with E-state index in [1.165, 1.54) is 11.1 Å². The molecule has 0 spiro atoms. The number of carbonyl (C=O) groups excluding carboxylic acids is 1. The van der Waals surface area contributed by atoms with Crippen LogP contribution in [0.5, 0.6) is 0 Å². The minimum Gasteiger partial charge on any atom is 0 e. The van der Waals surface area contributed by atoms with Crippen LogP contribution >= 0.6 is 7.53 Å². The molecule has 0 aliphatic carbocycles. The molecule has 1 aromatic rings. The number of rotatable bonds is 2. The molecule has 0 atom stereocenters. The van der Waals surface area contributed by atoms with E-state index in [0.717, 1.165) is 0 Å². The third-order valence-electron chi connectivity index (χ3n) is 1.77. The molecule has 122 valence electrons. The average molecular weight is 508 g/mol. The van der Waals surface area contributed by atoms with Gasteiger partial charge in [-0.05, 0) is 51.0 Å². The number of hydrogen-bond donors (Lipinski definition) is 0. The molecule has 1 heterocycles. The van der Waals surface area contributed by atoms with Crippen LogP contribution in [0.1, 0.15) is 18.1 Å². The fourth-order valence-corrected chi connectivity index (χ4v) is 2.77. The van der Waals surface area contributed by atoms with E-state index in [2.05, 4.69) is 33.3 Å². The molecule has 0 amide bonds. The predicted molar refractivity (Wildman–Crippen MR) is 70.7 cm³/mol. The van der Waals surface area contributed by atoms with Gasteiger partial charge in [-0.25, -0.2) is 4.79 Å². The van der Waals surface area contributed by atoms with E-state index >= 15 is 0 Å². The smallest absolute Gasteiger partial charge is 0 e. The van der Waals surface area contributed by atoms with E-state index < -0.39 is 7.53 Å². The van der Waals surface area contributed by atoms with Crippen molar-refractivity contribution >= 4 is 13.2 Å². The van der Waals surface area contributed by atoms with E-state index in [1.54, 1.807) is 0 Å². The first-order valence-corrected chi connectivity index (χ1v) is 6.47. The standard InChI is InChI=1S/C9H13O2P.5CO.W/c1-4-11-9(10)12-5-7(2)8(3)6-12;5*1-2;/h5-6H,4H2,1-3H3;;;;;;. The third kappa shape index (κ3) is 23.0. The van der Waals surface area contributed by atoms with Crippen molar-refractivity contribution in [3.05, 3.63) is 56.0 Å². The van der Waals surface area contributed by atoms with Crippen LogP contribution < -0.4 is 0 Å². The van der Waals surface area contributed by atoms with E-state index in [9.17, 15) is 4.79 Å². The largest absolute Gasteiger partial charge is 0 e. The summed E-state index contributed by atoms with van der Waals surface area (Å²) in [5.74, 6) is 4.01. The maximum Gasteiger partial charge on any atom is 0 e.